The Morgan fingerprint density at radius 1 is 1.43 bits per heavy atom. The highest BCUT2D eigenvalue weighted by Crippen LogP contribution is 2.39. The Hall–Kier alpha value is -1.93. The minimum atomic E-state index is -3.64. The normalized spacial score (nSPS) is 22.6. The van der Waals surface area contributed by atoms with Gasteiger partial charge in [-0.15, -0.1) is 0 Å². The molecule has 0 aromatic heterocycles. The third kappa shape index (κ3) is 2.64. The van der Waals surface area contributed by atoms with E-state index < -0.39 is 33.1 Å². The second-order valence-corrected chi connectivity index (χ2v) is 7.19. The Kier molecular flexibility index (Phi) is 3.54. The van der Waals surface area contributed by atoms with Gasteiger partial charge in [-0.2, -0.15) is 4.99 Å². The van der Waals surface area contributed by atoms with Crippen LogP contribution in [0, 0.1) is 0 Å². The van der Waals surface area contributed by atoms with E-state index in [1.807, 2.05) is 6.92 Å². The fraction of sp³-hybridized carbons (Fsp3) is 0.385. The van der Waals surface area contributed by atoms with Gasteiger partial charge in [-0.25, -0.2) is 8.42 Å². The molecule has 0 fully saturated rings. The topological polar surface area (TPSA) is 136 Å². The Labute approximate surface area is 122 Å². The van der Waals surface area contributed by atoms with Crippen molar-refractivity contribution in [1.29, 1.82) is 0 Å². The molecule has 21 heavy (non-hydrogen) atoms. The zero-order valence-corrected chi connectivity index (χ0v) is 12.6. The summed E-state index contributed by atoms with van der Waals surface area (Å²) in [6.07, 6.45) is 0.477. The lowest BCUT2D eigenvalue weighted by molar-refractivity contribution is 0.0839. The van der Waals surface area contributed by atoms with Gasteiger partial charge in [-0.1, -0.05) is 13.0 Å². The Morgan fingerprint density at radius 2 is 2.05 bits per heavy atom. The summed E-state index contributed by atoms with van der Waals surface area (Å²) in [4.78, 5) is 15.4. The number of aliphatic imine (C=N–C) groups is 1. The number of carbonyl (C=O) groups is 1. The molecule has 0 saturated heterocycles. The SMILES string of the molecule is CCc1cc2c(cc1C(=O)N=C(N)N)S(=O)(=O)CC2(C)O. The van der Waals surface area contributed by atoms with Crippen molar-refractivity contribution in [3.63, 3.8) is 0 Å². The van der Waals surface area contributed by atoms with E-state index in [1.54, 1.807) is 0 Å². The first-order valence-corrected chi connectivity index (χ1v) is 8.00. The van der Waals surface area contributed by atoms with Gasteiger partial charge >= 0.3 is 0 Å². The van der Waals surface area contributed by atoms with Crippen molar-refractivity contribution in [2.45, 2.75) is 30.8 Å². The van der Waals surface area contributed by atoms with Crippen LogP contribution in [0.1, 0.15) is 35.3 Å². The molecule has 7 nitrogen and oxygen atoms in total. The highest BCUT2D eigenvalue weighted by atomic mass is 32.2. The number of fused-ring (bicyclic) bond motifs is 1. The molecule has 0 spiro atoms. The predicted molar refractivity (Wildman–Crippen MR) is 77.6 cm³/mol. The molecule has 8 heteroatoms. The van der Waals surface area contributed by atoms with Gasteiger partial charge in [0.15, 0.2) is 15.8 Å². The van der Waals surface area contributed by atoms with E-state index >= 15 is 0 Å². The van der Waals surface area contributed by atoms with Gasteiger partial charge in [0.1, 0.15) is 5.60 Å². The van der Waals surface area contributed by atoms with E-state index in [-0.39, 0.29) is 10.5 Å². The van der Waals surface area contributed by atoms with Crippen LogP contribution in [0.3, 0.4) is 0 Å². The summed E-state index contributed by atoms with van der Waals surface area (Å²) >= 11 is 0. The maximum Gasteiger partial charge on any atom is 0.280 e. The number of nitrogens with zero attached hydrogens (tertiary/aromatic N) is 1. The summed E-state index contributed by atoms with van der Waals surface area (Å²) in [5, 5.41) is 10.2. The minimum Gasteiger partial charge on any atom is -0.384 e. The van der Waals surface area contributed by atoms with Crippen molar-refractivity contribution in [2.75, 3.05) is 5.75 Å². The summed E-state index contributed by atoms with van der Waals surface area (Å²) in [6, 6.07) is 2.79. The summed E-state index contributed by atoms with van der Waals surface area (Å²) in [6.45, 7) is 3.25. The maximum atomic E-state index is 12.1. The molecule has 1 unspecified atom stereocenters. The summed E-state index contributed by atoms with van der Waals surface area (Å²) in [5.41, 5.74) is 9.92. The molecule has 0 saturated carbocycles. The molecule has 1 heterocycles. The van der Waals surface area contributed by atoms with E-state index in [0.717, 1.165) is 0 Å². The molecule has 0 bridgehead atoms. The first-order chi connectivity index (χ1) is 9.58. The van der Waals surface area contributed by atoms with Crippen LogP contribution in [-0.4, -0.2) is 31.1 Å². The van der Waals surface area contributed by atoms with E-state index in [9.17, 15) is 18.3 Å². The second-order valence-electron chi connectivity index (χ2n) is 5.23. The molecule has 0 aliphatic carbocycles. The average molecular weight is 311 g/mol. The van der Waals surface area contributed by atoms with Gasteiger partial charge in [0.2, 0.25) is 0 Å². The van der Waals surface area contributed by atoms with Crippen LogP contribution in [-0.2, 0) is 21.9 Å². The van der Waals surface area contributed by atoms with Crippen molar-refractivity contribution in [1.82, 2.24) is 0 Å². The third-order valence-corrected chi connectivity index (χ3v) is 5.38. The van der Waals surface area contributed by atoms with Gasteiger partial charge in [0.25, 0.3) is 5.91 Å². The van der Waals surface area contributed by atoms with Gasteiger partial charge in [0, 0.05) is 11.1 Å². The van der Waals surface area contributed by atoms with E-state index in [0.29, 0.717) is 17.5 Å². The molecule has 2 rings (SSSR count). The molecular weight excluding hydrogens is 294 g/mol. The van der Waals surface area contributed by atoms with Crippen LogP contribution in [0.2, 0.25) is 0 Å². The molecule has 1 aliphatic rings. The van der Waals surface area contributed by atoms with Crippen LogP contribution in [0.5, 0.6) is 0 Å². The zero-order valence-electron chi connectivity index (χ0n) is 11.8. The molecular formula is C13H17N3O4S. The molecule has 1 aromatic carbocycles. The minimum absolute atomic E-state index is 0.0427. The number of nitrogens with two attached hydrogens (primary N) is 2. The summed E-state index contributed by atoms with van der Waals surface area (Å²) in [5.74, 6) is -1.49. The van der Waals surface area contributed by atoms with Crippen molar-refractivity contribution >= 4 is 21.7 Å². The van der Waals surface area contributed by atoms with Crippen LogP contribution in [0.25, 0.3) is 0 Å². The van der Waals surface area contributed by atoms with Crippen molar-refractivity contribution < 1.29 is 18.3 Å². The summed E-state index contributed by atoms with van der Waals surface area (Å²) in [7, 11) is -3.64. The largest absolute Gasteiger partial charge is 0.384 e. The van der Waals surface area contributed by atoms with Gasteiger partial charge in [-0.3, -0.25) is 4.79 Å². The van der Waals surface area contributed by atoms with Crippen molar-refractivity contribution in [3.8, 4) is 0 Å². The smallest absolute Gasteiger partial charge is 0.280 e. The number of carbonyl (C=O) groups excluding carboxylic acids is 1. The van der Waals surface area contributed by atoms with Gasteiger partial charge in [-0.05, 0) is 25.0 Å². The van der Waals surface area contributed by atoms with Crippen LogP contribution in [0.4, 0.5) is 0 Å². The average Bonchev–Trinajstić information content (AvgIpc) is 2.52. The number of aliphatic hydroxyl groups is 1. The Morgan fingerprint density at radius 3 is 2.57 bits per heavy atom. The lowest BCUT2D eigenvalue weighted by Crippen LogP contribution is -2.24. The highest BCUT2D eigenvalue weighted by molar-refractivity contribution is 7.91. The molecule has 1 amide bonds. The number of sulfone groups is 1. The molecule has 1 aromatic rings. The van der Waals surface area contributed by atoms with Crippen LogP contribution >= 0.6 is 0 Å². The molecule has 0 radical (unpaired) electrons. The number of amides is 1. The van der Waals surface area contributed by atoms with E-state index in [2.05, 4.69) is 4.99 Å². The van der Waals surface area contributed by atoms with Gasteiger partial charge in [0.05, 0.1) is 10.6 Å². The van der Waals surface area contributed by atoms with E-state index in [4.69, 9.17) is 11.5 Å². The standard InChI is InChI=1S/C13H17N3O4S/c1-3-7-4-9-10(21(19,20)6-13(9,2)18)5-8(7)11(17)16-12(14)15/h4-5,18H,3,6H2,1-2H3,(H4,14,15,16,17). The molecule has 114 valence electrons. The monoisotopic (exact) mass is 311 g/mol. The Balaban J connectivity index is 2.72. The predicted octanol–water partition coefficient (Wildman–Crippen LogP) is -0.343. The highest BCUT2D eigenvalue weighted by Gasteiger charge is 2.43. The van der Waals surface area contributed by atoms with Crippen molar-refractivity contribution in [2.24, 2.45) is 16.5 Å². The van der Waals surface area contributed by atoms with Crippen molar-refractivity contribution in [3.05, 3.63) is 28.8 Å². The number of aryl methyl sites for hydroxylation is 1. The Bertz CT molecular complexity index is 747. The number of guanidine groups is 1. The lowest BCUT2D eigenvalue weighted by atomic mass is 9.93. The maximum absolute atomic E-state index is 12.1. The molecule has 5 N–H and O–H groups in total. The lowest BCUT2D eigenvalue weighted by Gasteiger charge is -2.17. The number of hydrogen-bond donors (Lipinski definition) is 3. The second kappa shape index (κ2) is 4.81. The van der Waals surface area contributed by atoms with Crippen LogP contribution in [0.15, 0.2) is 22.0 Å². The zero-order chi connectivity index (χ0) is 16.0. The first kappa shape index (κ1) is 15.5. The fourth-order valence-electron chi connectivity index (χ4n) is 2.50. The molecule has 1 aliphatic heterocycles. The first-order valence-electron chi connectivity index (χ1n) is 6.35. The number of hydrogen-bond acceptors (Lipinski definition) is 4. The number of benzene rings is 1. The quantitative estimate of drug-likeness (QED) is 0.505. The number of rotatable bonds is 2. The summed E-state index contributed by atoms with van der Waals surface area (Å²) < 4.78 is 24.2. The van der Waals surface area contributed by atoms with E-state index in [1.165, 1.54) is 19.1 Å². The van der Waals surface area contributed by atoms with Gasteiger partial charge < -0.3 is 16.6 Å². The fourth-order valence-corrected chi connectivity index (χ4v) is 4.46. The van der Waals surface area contributed by atoms with Crippen LogP contribution < -0.4 is 11.5 Å². The third-order valence-electron chi connectivity index (χ3n) is 3.43. The molecule has 1 atom stereocenters.